The monoisotopic (exact) mass is 485 g/mol. The summed E-state index contributed by atoms with van der Waals surface area (Å²) in [6, 6.07) is 19.6. The molecular formula is C29H28FN3O3. The predicted octanol–water partition coefficient (Wildman–Crippen LogP) is 6.66. The minimum absolute atomic E-state index is 0.444. The molecule has 0 amide bonds. The number of carboxylic acid groups (broad SMARTS) is 1. The molecule has 6 nitrogen and oxygen atoms in total. The zero-order valence-corrected chi connectivity index (χ0v) is 20.1. The zero-order valence-electron chi connectivity index (χ0n) is 20.1. The van der Waals surface area contributed by atoms with Gasteiger partial charge in [0.05, 0.1) is 17.5 Å². The lowest BCUT2D eigenvalue weighted by molar-refractivity contribution is -0.131. The third kappa shape index (κ3) is 6.05. The fraction of sp³-hybridized carbons (Fsp3) is 0.207. The molecule has 4 aromatic rings. The van der Waals surface area contributed by atoms with Crippen molar-refractivity contribution in [3.05, 3.63) is 102 Å². The van der Waals surface area contributed by atoms with Gasteiger partial charge in [0.15, 0.2) is 0 Å². The van der Waals surface area contributed by atoms with Crippen LogP contribution in [0.5, 0.6) is 5.88 Å². The van der Waals surface area contributed by atoms with E-state index < -0.39 is 11.9 Å². The van der Waals surface area contributed by atoms with Crippen molar-refractivity contribution in [1.82, 2.24) is 15.2 Å². The number of allylic oxidation sites excluding steroid dienone is 2. The van der Waals surface area contributed by atoms with E-state index in [4.69, 9.17) is 9.84 Å². The van der Waals surface area contributed by atoms with E-state index in [2.05, 4.69) is 34.2 Å². The van der Waals surface area contributed by atoms with Gasteiger partial charge in [-0.15, -0.1) is 0 Å². The summed E-state index contributed by atoms with van der Waals surface area (Å²) < 4.78 is 20.1. The number of aromatic nitrogens is 3. The standard InChI is InChI=1S/C29H28FN3O3/c1-2-23(20-10-6-5-7-11-20)28(21-13-15-25-24(18-21)29(30)33-32-25)22-14-16-26(31-19-22)36-17-9-4-3-8-12-27(34)35/h5-8,10-16,18-19H,2-4,9,17H2,1H3,(H,32,33)(H,34,35)/b12-8+,28-23-. The van der Waals surface area contributed by atoms with Gasteiger partial charge in [0, 0.05) is 23.9 Å². The highest BCUT2D eigenvalue weighted by Crippen LogP contribution is 2.35. The number of hydrogen-bond donors (Lipinski definition) is 2. The second-order valence-electron chi connectivity index (χ2n) is 8.31. The molecule has 0 aliphatic rings. The van der Waals surface area contributed by atoms with E-state index in [-0.39, 0.29) is 0 Å². The summed E-state index contributed by atoms with van der Waals surface area (Å²) in [5.74, 6) is -0.866. The van der Waals surface area contributed by atoms with Gasteiger partial charge < -0.3 is 9.84 Å². The van der Waals surface area contributed by atoms with E-state index in [9.17, 15) is 9.18 Å². The Labute approximate surface area is 209 Å². The molecule has 0 radical (unpaired) electrons. The number of carboxylic acids is 1. The normalized spacial score (nSPS) is 12.2. The molecule has 0 atom stereocenters. The molecule has 36 heavy (non-hydrogen) atoms. The van der Waals surface area contributed by atoms with Gasteiger partial charge in [0.2, 0.25) is 11.8 Å². The summed E-state index contributed by atoms with van der Waals surface area (Å²) in [5.41, 5.74) is 5.58. The molecule has 4 rings (SSSR count). The fourth-order valence-electron chi connectivity index (χ4n) is 4.15. The second kappa shape index (κ2) is 11.9. The number of carbonyl (C=O) groups is 1. The molecule has 0 bridgehead atoms. The number of aromatic amines is 1. The van der Waals surface area contributed by atoms with Crippen molar-refractivity contribution in [2.24, 2.45) is 0 Å². The summed E-state index contributed by atoms with van der Waals surface area (Å²) in [6.07, 6.45) is 7.69. The van der Waals surface area contributed by atoms with Gasteiger partial charge in [0.25, 0.3) is 0 Å². The number of aliphatic carboxylic acids is 1. The second-order valence-corrected chi connectivity index (χ2v) is 8.31. The maximum atomic E-state index is 14.3. The number of unbranched alkanes of at least 4 members (excludes halogenated alkanes) is 2. The maximum Gasteiger partial charge on any atom is 0.327 e. The van der Waals surface area contributed by atoms with Gasteiger partial charge in [-0.05, 0) is 66.2 Å². The van der Waals surface area contributed by atoms with Crippen molar-refractivity contribution < 1.29 is 19.0 Å². The molecule has 0 aliphatic heterocycles. The van der Waals surface area contributed by atoms with Gasteiger partial charge in [-0.2, -0.15) is 9.49 Å². The topological polar surface area (TPSA) is 88.1 Å². The number of ether oxygens (including phenoxy) is 1. The number of hydrogen-bond acceptors (Lipinski definition) is 4. The SMILES string of the molecule is CC/C(=C(/c1ccc(OCCCC/C=C/C(=O)O)nc1)c1ccc2n[nH]c(F)c2c1)c1ccccc1. The maximum absolute atomic E-state index is 14.3. The molecule has 0 aliphatic carbocycles. The minimum Gasteiger partial charge on any atom is -0.478 e. The van der Waals surface area contributed by atoms with E-state index in [1.165, 1.54) is 0 Å². The lowest BCUT2D eigenvalue weighted by Crippen LogP contribution is -2.00. The van der Waals surface area contributed by atoms with Gasteiger partial charge in [-0.25, -0.2) is 9.78 Å². The van der Waals surface area contributed by atoms with E-state index >= 15 is 0 Å². The summed E-state index contributed by atoms with van der Waals surface area (Å²) in [7, 11) is 0. The van der Waals surface area contributed by atoms with E-state index in [1.54, 1.807) is 12.3 Å². The Morgan fingerprint density at radius 3 is 2.58 bits per heavy atom. The lowest BCUT2D eigenvalue weighted by atomic mass is 9.88. The lowest BCUT2D eigenvalue weighted by Gasteiger charge is -2.16. The van der Waals surface area contributed by atoms with Crippen molar-refractivity contribution in [2.75, 3.05) is 6.61 Å². The van der Waals surface area contributed by atoms with Gasteiger partial charge in [-0.3, -0.25) is 5.10 Å². The number of halogens is 1. The Morgan fingerprint density at radius 2 is 1.86 bits per heavy atom. The molecule has 7 heteroatoms. The number of nitrogens with zero attached hydrogens (tertiary/aromatic N) is 2. The van der Waals surface area contributed by atoms with Crippen LogP contribution >= 0.6 is 0 Å². The molecule has 0 unspecified atom stereocenters. The average Bonchev–Trinajstić information content (AvgIpc) is 3.27. The Bertz CT molecular complexity index is 1380. The van der Waals surface area contributed by atoms with Crippen LogP contribution in [0.25, 0.3) is 22.0 Å². The molecule has 2 heterocycles. The summed E-state index contributed by atoms with van der Waals surface area (Å²) in [4.78, 5) is 15.0. The van der Waals surface area contributed by atoms with Crippen LogP contribution in [0, 0.1) is 5.95 Å². The molecule has 2 aromatic heterocycles. The van der Waals surface area contributed by atoms with Crippen LogP contribution in [0.3, 0.4) is 0 Å². The highest BCUT2D eigenvalue weighted by Gasteiger charge is 2.16. The van der Waals surface area contributed by atoms with Crippen molar-refractivity contribution >= 4 is 28.0 Å². The van der Waals surface area contributed by atoms with E-state index in [0.29, 0.717) is 29.8 Å². The van der Waals surface area contributed by atoms with Crippen LogP contribution in [-0.2, 0) is 4.79 Å². The predicted molar refractivity (Wildman–Crippen MR) is 139 cm³/mol. The van der Waals surface area contributed by atoms with Crippen molar-refractivity contribution in [1.29, 1.82) is 0 Å². The Balaban J connectivity index is 1.60. The van der Waals surface area contributed by atoms with Crippen LogP contribution in [0.15, 0.2) is 79.0 Å². The molecule has 0 fully saturated rings. The number of pyridine rings is 1. The molecule has 0 spiro atoms. The average molecular weight is 486 g/mol. The highest BCUT2D eigenvalue weighted by atomic mass is 19.1. The summed E-state index contributed by atoms with van der Waals surface area (Å²) >= 11 is 0. The first-order valence-corrected chi connectivity index (χ1v) is 12.0. The third-order valence-electron chi connectivity index (χ3n) is 5.87. The van der Waals surface area contributed by atoms with Crippen LogP contribution in [0.2, 0.25) is 0 Å². The molecule has 2 aromatic carbocycles. The van der Waals surface area contributed by atoms with Crippen molar-refractivity contribution in [3.8, 4) is 5.88 Å². The van der Waals surface area contributed by atoms with E-state index in [1.807, 2.05) is 48.5 Å². The van der Waals surface area contributed by atoms with Crippen LogP contribution in [0.1, 0.15) is 49.3 Å². The number of nitrogens with one attached hydrogen (secondary N) is 1. The molecule has 2 N–H and O–H groups in total. The number of rotatable bonds is 11. The van der Waals surface area contributed by atoms with Gasteiger partial charge >= 0.3 is 5.97 Å². The molecule has 0 saturated heterocycles. The Hall–Kier alpha value is -4.26. The number of fused-ring (bicyclic) bond motifs is 1. The highest BCUT2D eigenvalue weighted by molar-refractivity contribution is 6.00. The largest absolute Gasteiger partial charge is 0.478 e. The zero-order chi connectivity index (χ0) is 25.3. The first-order valence-electron chi connectivity index (χ1n) is 12.0. The first-order chi connectivity index (χ1) is 17.6. The van der Waals surface area contributed by atoms with Crippen molar-refractivity contribution in [2.45, 2.75) is 32.6 Å². The molecule has 184 valence electrons. The molecule has 0 saturated carbocycles. The van der Waals surface area contributed by atoms with Gasteiger partial charge in [0.1, 0.15) is 0 Å². The number of benzene rings is 2. The fourth-order valence-corrected chi connectivity index (χ4v) is 4.15. The first kappa shape index (κ1) is 24.9. The Kier molecular flexibility index (Phi) is 8.24. The van der Waals surface area contributed by atoms with E-state index in [0.717, 1.165) is 53.2 Å². The third-order valence-corrected chi connectivity index (χ3v) is 5.87. The van der Waals surface area contributed by atoms with Crippen LogP contribution in [0.4, 0.5) is 4.39 Å². The van der Waals surface area contributed by atoms with Crippen molar-refractivity contribution in [3.63, 3.8) is 0 Å². The molecular weight excluding hydrogens is 457 g/mol. The number of H-pyrrole nitrogens is 1. The van der Waals surface area contributed by atoms with Crippen LogP contribution in [-0.4, -0.2) is 32.9 Å². The Morgan fingerprint density at radius 1 is 1.06 bits per heavy atom. The minimum atomic E-state index is -0.933. The smallest absolute Gasteiger partial charge is 0.327 e. The van der Waals surface area contributed by atoms with Crippen LogP contribution < -0.4 is 4.74 Å². The summed E-state index contributed by atoms with van der Waals surface area (Å²) in [5, 5.41) is 15.5. The van der Waals surface area contributed by atoms with Gasteiger partial charge in [-0.1, -0.05) is 49.4 Å². The quantitative estimate of drug-likeness (QED) is 0.141. The summed E-state index contributed by atoms with van der Waals surface area (Å²) in [6.45, 7) is 2.60.